The molecule has 1 atom stereocenters. The second-order valence-corrected chi connectivity index (χ2v) is 4.99. The highest BCUT2D eigenvalue weighted by Crippen LogP contribution is 2.15. The molecule has 0 radical (unpaired) electrons. The minimum absolute atomic E-state index is 0.0748. The molecule has 1 unspecified atom stereocenters. The topological polar surface area (TPSA) is 88.6 Å². The van der Waals surface area contributed by atoms with E-state index in [0.29, 0.717) is 12.3 Å². The number of carbonyl (C=O) groups excluding carboxylic acids is 1. The molecule has 7 heteroatoms. The van der Waals surface area contributed by atoms with Gasteiger partial charge >= 0.3 is 5.88 Å². The van der Waals surface area contributed by atoms with E-state index in [-0.39, 0.29) is 17.8 Å². The predicted molar refractivity (Wildman–Crippen MR) is 72.1 cm³/mol. The average molecular weight is 281 g/mol. The summed E-state index contributed by atoms with van der Waals surface area (Å²) in [7, 11) is 0. The molecule has 1 aromatic heterocycles. The Bertz CT molecular complexity index is 480. The number of nitrogens with one attached hydrogen (secondary N) is 1. The molecule has 1 fully saturated rings. The Morgan fingerprint density at radius 1 is 1.45 bits per heavy atom. The monoisotopic (exact) mass is 281 g/mol. The zero-order valence-electron chi connectivity index (χ0n) is 11.5. The molecule has 0 saturated carbocycles. The number of hydrogen-bond acceptors (Lipinski definition) is 5. The first kappa shape index (κ1) is 14.5. The van der Waals surface area contributed by atoms with Crippen LogP contribution in [0.4, 0.5) is 5.88 Å². The first-order valence-electron chi connectivity index (χ1n) is 6.83. The van der Waals surface area contributed by atoms with E-state index in [1.54, 1.807) is 13.0 Å². The SMILES string of the molecule is CC(NCc1ccc([N+](=O)[O-])o1)C(=O)N1CCCCC1. The second-order valence-electron chi connectivity index (χ2n) is 4.99. The molecule has 110 valence electrons. The van der Waals surface area contributed by atoms with Gasteiger partial charge in [-0.25, -0.2) is 0 Å². The lowest BCUT2D eigenvalue weighted by Gasteiger charge is -2.29. The van der Waals surface area contributed by atoms with Crippen molar-refractivity contribution in [1.29, 1.82) is 0 Å². The van der Waals surface area contributed by atoms with Crippen molar-refractivity contribution < 1.29 is 14.1 Å². The summed E-state index contributed by atoms with van der Waals surface area (Å²) in [4.78, 5) is 23.9. The van der Waals surface area contributed by atoms with Crippen molar-refractivity contribution in [2.24, 2.45) is 0 Å². The lowest BCUT2D eigenvalue weighted by Crippen LogP contribution is -2.46. The summed E-state index contributed by atoms with van der Waals surface area (Å²) in [6.45, 7) is 3.73. The van der Waals surface area contributed by atoms with Gasteiger partial charge in [0.25, 0.3) is 0 Å². The van der Waals surface area contributed by atoms with Crippen molar-refractivity contribution in [2.45, 2.75) is 38.8 Å². The van der Waals surface area contributed by atoms with E-state index in [9.17, 15) is 14.9 Å². The van der Waals surface area contributed by atoms with Crippen LogP contribution in [-0.2, 0) is 11.3 Å². The quantitative estimate of drug-likeness (QED) is 0.655. The van der Waals surface area contributed by atoms with Gasteiger partial charge in [0, 0.05) is 13.1 Å². The minimum Gasteiger partial charge on any atom is -0.404 e. The summed E-state index contributed by atoms with van der Waals surface area (Å²) in [5, 5.41) is 13.5. The lowest BCUT2D eigenvalue weighted by molar-refractivity contribution is -0.402. The predicted octanol–water partition coefficient (Wildman–Crippen LogP) is 1.68. The van der Waals surface area contributed by atoms with Crippen molar-refractivity contribution in [3.63, 3.8) is 0 Å². The van der Waals surface area contributed by atoms with Crippen molar-refractivity contribution in [3.8, 4) is 0 Å². The molecule has 1 amide bonds. The number of hydrogen-bond donors (Lipinski definition) is 1. The molecule has 1 N–H and O–H groups in total. The molecule has 0 aliphatic carbocycles. The molecule has 2 rings (SSSR count). The van der Waals surface area contributed by atoms with E-state index in [4.69, 9.17) is 4.42 Å². The second kappa shape index (κ2) is 6.51. The van der Waals surface area contributed by atoms with Gasteiger partial charge in [0.1, 0.15) is 10.7 Å². The van der Waals surface area contributed by atoms with Crippen molar-refractivity contribution in [1.82, 2.24) is 10.2 Å². The van der Waals surface area contributed by atoms with Crippen LogP contribution in [0.25, 0.3) is 0 Å². The third kappa shape index (κ3) is 3.57. The van der Waals surface area contributed by atoms with E-state index in [1.165, 1.54) is 12.5 Å². The number of nitro groups is 1. The Morgan fingerprint density at radius 2 is 2.15 bits per heavy atom. The molecule has 0 bridgehead atoms. The van der Waals surface area contributed by atoms with Crippen LogP contribution in [-0.4, -0.2) is 34.9 Å². The van der Waals surface area contributed by atoms with Gasteiger partial charge < -0.3 is 9.32 Å². The fraction of sp³-hybridized carbons (Fsp3) is 0.615. The molecule has 1 aliphatic heterocycles. The molecule has 1 saturated heterocycles. The van der Waals surface area contributed by atoms with Crippen molar-refractivity contribution >= 4 is 11.8 Å². The highest BCUT2D eigenvalue weighted by molar-refractivity contribution is 5.81. The van der Waals surface area contributed by atoms with Crippen LogP contribution >= 0.6 is 0 Å². The van der Waals surface area contributed by atoms with Gasteiger partial charge in [0.2, 0.25) is 5.91 Å². The summed E-state index contributed by atoms with van der Waals surface area (Å²) in [5.41, 5.74) is 0. The smallest absolute Gasteiger partial charge is 0.404 e. The van der Waals surface area contributed by atoms with E-state index in [0.717, 1.165) is 25.9 Å². The van der Waals surface area contributed by atoms with Gasteiger partial charge in [-0.15, -0.1) is 0 Å². The molecule has 20 heavy (non-hydrogen) atoms. The Labute approximate surface area is 117 Å². The molecule has 0 aromatic carbocycles. The van der Waals surface area contributed by atoms with Crippen LogP contribution in [0.3, 0.4) is 0 Å². The molecule has 1 aliphatic rings. The van der Waals surface area contributed by atoms with Crippen LogP contribution in [0.5, 0.6) is 0 Å². The molecule has 7 nitrogen and oxygen atoms in total. The molecule has 2 heterocycles. The number of nitrogens with zero attached hydrogens (tertiary/aromatic N) is 2. The summed E-state index contributed by atoms with van der Waals surface area (Å²) in [5.74, 6) is 0.248. The number of piperidine rings is 1. The number of amides is 1. The van der Waals surface area contributed by atoms with Crippen LogP contribution in [0.1, 0.15) is 31.9 Å². The molecular weight excluding hydrogens is 262 g/mol. The van der Waals surface area contributed by atoms with Crippen LogP contribution in [0.15, 0.2) is 16.5 Å². The summed E-state index contributed by atoms with van der Waals surface area (Å²) >= 11 is 0. The zero-order valence-corrected chi connectivity index (χ0v) is 11.5. The minimum atomic E-state index is -0.578. The summed E-state index contributed by atoms with van der Waals surface area (Å²) in [6.07, 6.45) is 3.30. The Kier molecular flexibility index (Phi) is 4.73. The van der Waals surface area contributed by atoms with Crippen LogP contribution in [0, 0.1) is 10.1 Å². The number of rotatable bonds is 5. The Hall–Kier alpha value is -1.89. The first-order chi connectivity index (χ1) is 9.58. The van der Waals surface area contributed by atoms with Gasteiger partial charge in [0.05, 0.1) is 18.7 Å². The zero-order chi connectivity index (χ0) is 14.5. The normalized spacial score (nSPS) is 16.9. The third-order valence-electron chi connectivity index (χ3n) is 3.45. The number of likely N-dealkylation sites (tertiary alicyclic amines) is 1. The molecular formula is C13H19N3O4. The number of carbonyl (C=O) groups is 1. The van der Waals surface area contributed by atoms with Crippen LogP contribution < -0.4 is 5.32 Å². The van der Waals surface area contributed by atoms with Crippen molar-refractivity contribution in [2.75, 3.05) is 13.1 Å². The summed E-state index contributed by atoms with van der Waals surface area (Å²) < 4.78 is 5.03. The first-order valence-corrected chi connectivity index (χ1v) is 6.83. The van der Waals surface area contributed by atoms with E-state index in [1.807, 2.05) is 4.90 Å². The molecule has 1 aromatic rings. The van der Waals surface area contributed by atoms with Gasteiger partial charge in [-0.3, -0.25) is 20.2 Å². The van der Waals surface area contributed by atoms with Crippen molar-refractivity contribution in [3.05, 3.63) is 28.0 Å². The van der Waals surface area contributed by atoms with E-state index >= 15 is 0 Å². The maximum Gasteiger partial charge on any atom is 0.433 e. The highest BCUT2D eigenvalue weighted by atomic mass is 16.6. The molecule has 0 spiro atoms. The maximum atomic E-state index is 12.2. The van der Waals surface area contributed by atoms with Gasteiger partial charge in [0.15, 0.2) is 0 Å². The van der Waals surface area contributed by atoms with Gasteiger partial charge in [-0.1, -0.05) is 0 Å². The maximum absolute atomic E-state index is 12.2. The average Bonchev–Trinajstić information content (AvgIpc) is 2.94. The lowest BCUT2D eigenvalue weighted by atomic mass is 10.1. The Balaban J connectivity index is 1.82. The fourth-order valence-electron chi connectivity index (χ4n) is 2.29. The van der Waals surface area contributed by atoms with Gasteiger partial charge in [-0.05, 0) is 32.3 Å². The third-order valence-corrected chi connectivity index (χ3v) is 3.45. The fourth-order valence-corrected chi connectivity index (χ4v) is 2.29. The largest absolute Gasteiger partial charge is 0.433 e. The summed E-state index contributed by atoms with van der Waals surface area (Å²) in [6, 6.07) is 2.54. The van der Waals surface area contributed by atoms with E-state index in [2.05, 4.69) is 5.32 Å². The van der Waals surface area contributed by atoms with Gasteiger partial charge in [-0.2, -0.15) is 0 Å². The highest BCUT2D eigenvalue weighted by Gasteiger charge is 2.22. The standard InChI is InChI=1S/C13H19N3O4/c1-10(13(17)15-7-3-2-4-8-15)14-9-11-5-6-12(20-11)16(18)19/h5-6,10,14H,2-4,7-9H2,1H3. The number of furan rings is 1. The van der Waals surface area contributed by atoms with E-state index < -0.39 is 4.92 Å². The van der Waals surface area contributed by atoms with Crippen LogP contribution in [0.2, 0.25) is 0 Å². The Morgan fingerprint density at radius 3 is 2.75 bits per heavy atom.